The van der Waals surface area contributed by atoms with E-state index in [1.54, 1.807) is 25.3 Å². The molecule has 1 heterocycles. The molecule has 0 aliphatic heterocycles. The Kier molecular flexibility index (Phi) is 3.43. The number of aromatic amines is 1. The average molecular weight is 337 g/mol. The van der Waals surface area contributed by atoms with Crippen LogP contribution in [0.1, 0.15) is 35.2 Å². The molecule has 1 aromatic heterocycles. The zero-order chi connectivity index (χ0) is 14.1. The van der Waals surface area contributed by atoms with Gasteiger partial charge in [0.2, 0.25) is 5.82 Å². The molecule has 0 saturated heterocycles. The van der Waals surface area contributed by atoms with Crippen LogP contribution in [-0.2, 0) is 0 Å². The lowest BCUT2D eigenvalue weighted by molar-refractivity contribution is 0.101. The van der Waals surface area contributed by atoms with Crippen molar-refractivity contribution in [2.24, 2.45) is 0 Å². The highest BCUT2D eigenvalue weighted by molar-refractivity contribution is 9.10. The van der Waals surface area contributed by atoms with Gasteiger partial charge in [0, 0.05) is 11.6 Å². The van der Waals surface area contributed by atoms with Crippen LogP contribution in [0.25, 0.3) is 0 Å². The number of nitrogens with one attached hydrogen (secondary N) is 2. The number of carbonyl (C=O) groups is 1. The SMILES string of the molecule is COc1ccc(NC(=O)c2n[nH]c(C3CC3)n2)cc1Br. The van der Waals surface area contributed by atoms with Crippen molar-refractivity contribution in [2.45, 2.75) is 18.8 Å². The van der Waals surface area contributed by atoms with Crippen LogP contribution in [0.5, 0.6) is 5.75 Å². The molecule has 0 radical (unpaired) electrons. The number of hydrogen-bond acceptors (Lipinski definition) is 4. The van der Waals surface area contributed by atoms with E-state index in [4.69, 9.17) is 4.74 Å². The van der Waals surface area contributed by atoms with E-state index in [9.17, 15) is 4.79 Å². The van der Waals surface area contributed by atoms with E-state index in [1.165, 1.54) is 0 Å². The van der Waals surface area contributed by atoms with Crippen molar-refractivity contribution in [2.75, 3.05) is 12.4 Å². The lowest BCUT2D eigenvalue weighted by atomic mass is 10.3. The molecule has 0 unspecified atom stereocenters. The minimum atomic E-state index is -0.329. The molecule has 6 nitrogen and oxygen atoms in total. The highest BCUT2D eigenvalue weighted by atomic mass is 79.9. The minimum Gasteiger partial charge on any atom is -0.496 e. The number of nitrogens with zero attached hydrogens (tertiary/aromatic N) is 2. The van der Waals surface area contributed by atoms with Gasteiger partial charge in [0.1, 0.15) is 11.6 Å². The van der Waals surface area contributed by atoms with Gasteiger partial charge >= 0.3 is 0 Å². The number of amides is 1. The molecule has 3 rings (SSSR count). The Labute approximate surface area is 124 Å². The lowest BCUT2D eigenvalue weighted by Crippen LogP contribution is -2.13. The fourth-order valence-electron chi connectivity index (χ4n) is 1.85. The summed E-state index contributed by atoms with van der Waals surface area (Å²) in [6.07, 6.45) is 2.23. The van der Waals surface area contributed by atoms with Gasteiger partial charge in [-0.25, -0.2) is 4.98 Å². The number of methoxy groups -OCH3 is 1. The van der Waals surface area contributed by atoms with Crippen molar-refractivity contribution in [3.05, 3.63) is 34.3 Å². The van der Waals surface area contributed by atoms with Gasteiger partial charge < -0.3 is 10.1 Å². The van der Waals surface area contributed by atoms with Gasteiger partial charge in [0.05, 0.1) is 11.6 Å². The monoisotopic (exact) mass is 336 g/mol. The summed E-state index contributed by atoms with van der Waals surface area (Å²) in [7, 11) is 1.59. The summed E-state index contributed by atoms with van der Waals surface area (Å²) in [6.45, 7) is 0. The summed E-state index contributed by atoms with van der Waals surface area (Å²) in [5.41, 5.74) is 0.653. The maximum atomic E-state index is 12.0. The first-order valence-electron chi connectivity index (χ1n) is 6.24. The van der Waals surface area contributed by atoms with Gasteiger partial charge in [0.15, 0.2) is 0 Å². The molecule has 0 atom stereocenters. The van der Waals surface area contributed by atoms with Crippen LogP contribution in [0, 0.1) is 0 Å². The van der Waals surface area contributed by atoms with Gasteiger partial charge in [-0.05, 0) is 47.0 Å². The van der Waals surface area contributed by atoms with Crippen LogP contribution in [0.3, 0.4) is 0 Å². The van der Waals surface area contributed by atoms with E-state index in [1.807, 2.05) is 0 Å². The van der Waals surface area contributed by atoms with E-state index < -0.39 is 0 Å². The summed E-state index contributed by atoms with van der Waals surface area (Å²) in [6, 6.07) is 5.30. The second-order valence-electron chi connectivity index (χ2n) is 4.62. The van der Waals surface area contributed by atoms with Gasteiger partial charge in [-0.3, -0.25) is 9.89 Å². The topological polar surface area (TPSA) is 79.9 Å². The molecular formula is C13H13BrN4O2. The highest BCUT2D eigenvalue weighted by Crippen LogP contribution is 2.37. The first-order valence-corrected chi connectivity index (χ1v) is 7.04. The number of ether oxygens (including phenoxy) is 1. The Bertz CT molecular complexity index is 652. The number of halogens is 1. The van der Waals surface area contributed by atoms with Crippen molar-refractivity contribution < 1.29 is 9.53 Å². The summed E-state index contributed by atoms with van der Waals surface area (Å²) in [4.78, 5) is 16.2. The van der Waals surface area contributed by atoms with E-state index in [-0.39, 0.29) is 11.7 Å². The second kappa shape index (κ2) is 5.24. The van der Waals surface area contributed by atoms with E-state index in [0.29, 0.717) is 17.4 Å². The highest BCUT2D eigenvalue weighted by Gasteiger charge is 2.28. The molecule has 104 valence electrons. The first-order chi connectivity index (χ1) is 9.67. The smallest absolute Gasteiger partial charge is 0.295 e. The van der Waals surface area contributed by atoms with Crippen molar-refractivity contribution in [1.29, 1.82) is 0 Å². The number of carbonyl (C=O) groups excluding carboxylic acids is 1. The lowest BCUT2D eigenvalue weighted by Gasteiger charge is -2.06. The molecule has 1 aromatic carbocycles. The Morgan fingerprint density at radius 2 is 2.30 bits per heavy atom. The minimum absolute atomic E-state index is 0.166. The number of rotatable bonds is 4. The molecule has 1 aliphatic carbocycles. The van der Waals surface area contributed by atoms with E-state index >= 15 is 0 Å². The standard InChI is InChI=1S/C13H13BrN4O2/c1-20-10-5-4-8(6-9(10)14)15-13(19)12-16-11(17-18-12)7-2-3-7/h4-7H,2-3H2,1H3,(H,15,19)(H,16,17,18). The third-order valence-corrected chi connectivity index (χ3v) is 3.70. The number of H-pyrrole nitrogens is 1. The van der Waals surface area contributed by atoms with Crippen molar-refractivity contribution in [3.63, 3.8) is 0 Å². The third kappa shape index (κ3) is 2.67. The van der Waals surface area contributed by atoms with E-state index in [0.717, 1.165) is 23.1 Å². The molecular weight excluding hydrogens is 324 g/mol. The Balaban J connectivity index is 1.72. The van der Waals surface area contributed by atoms with Gasteiger partial charge in [-0.1, -0.05) is 0 Å². The van der Waals surface area contributed by atoms with Crippen LogP contribution in [0.15, 0.2) is 22.7 Å². The molecule has 0 bridgehead atoms. The molecule has 1 fully saturated rings. The quantitative estimate of drug-likeness (QED) is 0.899. The zero-order valence-electron chi connectivity index (χ0n) is 10.8. The maximum Gasteiger partial charge on any atom is 0.295 e. The normalized spacial score (nSPS) is 14.1. The molecule has 1 aliphatic rings. The van der Waals surface area contributed by atoms with Crippen LogP contribution >= 0.6 is 15.9 Å². The molecule has 1 amide bonds. The average Bonchev–Trinajstić information content (AvgIpc) is 3.16. The number of anilines is 1. The zero-order valence-corrected chi connectivity index (χ0v) is 12.4. The number of aromatic nitrogens is 3. The van der Waals surface area contributed by atoms with Crippen LogP contribution in [-0.4, -0.2) is 28.2 Å². The predicted octanol–water partition coefficient (Wildman–Crippen LogP) is 2.71. The van der Waals surface area contributed by atoms with Crippen LogP contribution in [0.4, 0.5) is 5.69 Å². The summed E-state index contributed by atoms with van der Waals surface area (Å²) >= 11 is 3.37. The Morgan fingerprint density at radius 3 is 2.95 bits per heavy atom. The fraction of sp³-hybridized carbons (Fsp3) is 0.308. The molecule has 20 heavy (non-hydrogen) atoms. The largest absolute Gasteiger partial charge is 0.496 e. The molecule has 1 saturated carbocycles. The maximum absolute atomic E-state index is 12.0. The number of benzene rings is 1. The number of hydrogen-bond donors (Lipinski definition) is 2. The fourth-order valence-corrected chi connectivity index (χ4v) is 2.39. The van der Waals surface area contributed by atoms with Gasteiger partial charge in [-0.2, -0.15) is 0 Å². The van der Waals surface area contributed by atoms with E-state index in [2.05, 4.69) is 36.4 Å². The second-order valence-corrected chi connectivity index (χ2v) is 5.48. The van der Waals surface area contributed by atoms with Gasteiger partial charge in [-0.15, -0.1) is 5.10 Å². The first kappa shape index (κ1) is 13.1. The summed E-state index contributed by atoms with van der Waals surface area (Å²) < 4.78 is 5.91. The van der Waals surface area contributed by atoms with Crippen molar-refractivity contribution >= 4 is 27.5 Å². The summed E-state index contributed by atoms with van der Waals surface area (Å²) in [5.74, 6) is 1.78. The van der Waals surface area contributed by atoms with Crippen molar-refractivity contribution in [1.82, 2.24) is 15.2 Å². The third-order valence-electron chi connectivity index (χ3n) is 3.08. The van der Waals surface area contributed by atoms with Crippen LogP contribution in [0.2, 0.25) is 0 Å². The van der Waals surface area contributed by atoms with Gasteiger partial charge in [0.25, 0.3) is 5.91 Å². The molecule has 0 spiro atoms. The Hall–Kier alpha value is -1.89. The predicted molar refractivity (Wildman–Crippen MR) is 77.0 cm³/mol. The molecule has 2 aromatic rings. The molecule has 2 N–H and O–H groups in total. The van der Waals surface area contributed by atoms with Crippen molar-refractivity contribution in [3.8, 4) is 5.75 Å². The Morgan fingerprint density at radius 1 is 1.50 bits per heavy atom. The van der Waals surface area contributed by atoms with Crippen LogP contribution < -0.4 is 10.1 Å². The summed E-state index contributed by atoms with van der Waals surface area (Å²) in [5, 5.41) is 9.51. The molecule has 7 heteroatoms.